The molecule has 70 valence electrons. The van der Waals surface area contributed by atoms with Gasteiger partial charge in [-0.2, -0.15) is 0 Å². The molecule has 12 heavy (non-hydrogen) atoms. The predicted molar refractivity (Wildman–Crippen MR) is 48.2 cm³/mol. The standard InChI is InChI=1S/C8H17N3O/c1-11(6-7-2-3-7)5-4-8(9)10-12/h7,12H,2-6H2,1H3,(H2,9,10). The zero-order chi connectivity index (χ0) is 8.97. The average molecular weight is 171 g/mol. The van der Waals surface area contributed by atoms with Gasteiger partial charge in [-0.1, -0.05) is 5.16 Å². The zero-order valence-corrected chi connectivity index (χ0v) is 7.53. The van der Waals surface area contributed by atoms with Crippen molar-refractivity contribution < 1.29 is 5.21 Å². The van der Waals surface area contributed by atoms with Crippen LogP contribution in [-0.4, -0.2) is 36.1 Å². The molecule has 0 aromatic carbocycles. The fourth-order valence-electron chi connectivity index (χ4n) is 1.19. The Morgan fingerprint density at radius 2 is 2.33 bits per heavy atom. The molecule has 0 aliphatic heterocycles. The van der Waals surface area contributed by atoms with Crippen molar-refractivity contribution in [3.05, 3.63) is 0 Å². The Morgan fingerprint density at radius 1 is 1.67 bits per heavy atom. The van der Waals surface area contributed by atoms with Crippen molar-refractivity contribution in [2.75, 3.05) is 20.1 Å². The average Bonchev–Trinajstić information content (AvgIpc) is 2.84. The van der Waals surface area contributed by atoms with E-state index in [1.165, 1.54) is 12.8 Å². The number of nitrogens with two attached hydrogens (primary N) is 1. The molecule has 1 saturated carbocycles. The SMILES string of the molecule is CN(CC/C(N)=N/O)CC1CC1. The van der Waals surface area contributed by atoms with E-state index < -0.39 is 0 Å². The number of oxime groups is 1. The molecule has 1 aliphatic rings. The lowest BCUT2D eigenvalue weighted by Crippen LogP contribution is -2.26. The molecule has 0 amide bonds. The van der Waals surface area contributed by atoms with Crippen molar-refractivity contribution >= 4 is 5.84 Å². The summed E-state index contributed by atoms with van der Waals surface area (Å²) in [6, 6.07) is 0. The molecule has 4 heteroatoms. The number of nitrogens with zero attached hydrogens (tertiary/aromatic N) is 2. The summed E-state index contributed by atoms with van der Waals surface area (Å²) in [6.07, 6.45) is 3.39. The Kier molecular flexibility index (Phi) is 3.34. The molecular weight excluding hydrogens is 154 g/mol. The summed E-state index contributed by atoms with van der Waals surface area (Å²) in [5.41, 5.74) is 5.34. The summed E-state index contributed by atoms with van der Waals surface area (Å²) >= 11 is 0. The Balaban J connectivity index is 2.04. The molecule has 0 radical (unpaired) electrons. The van der Waals surface area contributed by atoms with E-state index in [4.69, 9.17) is 10.9 Å². The quantitative estimate of drug-likeness (QED) is 0.273. The van der Waals surface area contributed by atoms with E-state index in [0.717, 1.165) is 19.0 Å². The van der Waals surface area contributed by atoms with Gasteiger partial charge in [0.2, 0.25) is 0 Å². The summed E-state index contributed by atoms with van der Waals surface area (Å²) in [4.78, 5) is 2.23. The number of rotatable bonds is 5. The van der Waals surface area contributed by atoms with Crippen molar-refractivity contribution in [2.24, 2.45) is 16.8 Å². The van der Waals surface area contributed by atoms with Gasteiger partial charge in [0.25, 0.3) is 0 Å². The van der Waals surface area contributed by atoms with Crippen molar-refractivity contribution in [3.63, 3.8) is 0 Å². The van der Waals surface area contributed by atoms with Gasteiger partial charge < -0.3 is 15.8 Å². The van der Waals surface area contributed by atoms with Crippen LogP contribution in [0.3, 0.4) is 0 Å². The molecule has 0 atom stereocenters. The minimum Gasteiger partial charge on any atom is -0.409 e. The molecule has 3 N–H and O–H groups in total. The highest BCUT2D eigenvalue weighted by molar-refractivity contribution is 5.79. The van der Waals surface area contributed by atoms with Crippen LogP contribution in [0.1, 0.15) is 19.3 Å². The lowest BCUT2D eigenvalue weighted by Gasteiger charge is -2.14. The summed E-state index contributed by atoms with van der Waals surface area (Å²) < 4.78 is 0. The first-order chi connectivity index (χ1) is 5.72. The van der Waals surface area contributed by atoms with Gasteiger partial charge in [-0.3, -0.25) is 0 Å². The van der Waals surface area contributed by atoms with Gasteiger partial charge in [0, 0.05) is 19.5 Å². The monoisotopic (exact) mass is 171 g/mol. The van der Waals surface area contributed by atoms with E-state index in [0.29, 0.717) is 12.3 Å². The van der Waals surface area contributed by atoms with E-state index >= 15 is 0 Å². The van der Waals surface area contributed by atoms with E-state index in [2.05, 4.69) is 17.1 Å². The third-order valence-corrected chi connectivity index (χ3v) is 2.14. The Labute approximate surface area is 73.0 Å². The lowest BCUT2D eigenvalue weighted by molar-refractivity contribution is 0.308. The van der Waals surface area contributed by atoms with Gasteiger partial charge in [-0.25, -0.2) is 0 Å². The van der Waals surface area contributed by atoms with Crippen molar-refractivity contribution in [2.45, 2.75) is 19.3 Å². The largest absolute Gasteiger partial charge is 0.409 e. The van der Waals surface area contributed by atoms with E-state index in [1.807, 2.05) is 0 Å². The highest BCUT2D eigenvalue weighted by Crippen LogP contribution is 2.29. The van der Waals surface area contributed by atoms with Crippen LogP contribution < -0.4 is 5.73 Å². The maximum Gasteiger partial charge on any atom is 0.140 e. The molecule has 0 unspecified atom stereocenters. The van der Waals surface area contributed by atoms with Gasteiger partial charge in [0.05, 0.1) is 0 Å². The van der Waals surface area contributed by atoms with Crippen LogP contribution in [0.4, 0.5) is 0 Å². The number of hydrogen-bond acceptors (Lipinski definition) is 3. The normalized spacial score (nSPS) is 18.7. The molecule has 4 nitrogen and oxygen atoms in total. The Hall–Kier alpha value is -0.770. The van der Waals surface area contributed by atoms with Crippen molar-refractivity contribution in [1.29, 1.82) is 0 Å². The molecule has 1 rings (SSSR count). The highest BCUT2D eigenvalue weighted by Gasteiger charge is 2.22. The maximum atomic E-state index is 8.29. The second kappa shape index (κ2) is 4.30. The van der Waals surface area contributed by atoms with Gasteiger partial charge >= 0.3 is 0 Å². The molecule has 1 aliphatic carbocycles. The van der Waals surface area contributed by atoms with Gasteiger partial charge in [0.1, 0.15) is 5.84 Å². The van der Waals surface area contributed by atoms with E-state index in [-0.39, 0.29) is 0 Å². The first-order valence-electron chi connectivity index (χ1n) is 4.37. The highest BCUT2D eigenvalue weighted by atomic mass is 16.4. The van der Waals surface area contributed by atoms with Crippen LogP contribution in [-0.2, 0) is 0 Å². The van der Waals surface area contributed by atoms with Gasteiger partial charge in [-0.15, -0.1) is 0 Å². The van der Waals surface area contributed by atoms with Crippen LogP contribution in [0.25, 0.3) is 0 Å². The Bertz CT molecular complexity index is 166. The minimum absolute atomic E-state index is 0.317. The van der Waals surface area contributed by atoms with Gasteiger partial charge in [0.15, 0.2) is 0 Å². The summed E-state index contributed by atoms with van der Waals surface area (Å²) in [5, 5.41) is 11.2. The maximum absolute atomic E-state index is 8.29. The fraction of sp³-hybridized carbons (Fsp3) is 0.875. The molecule has 0 aromatic rings. The van der Waals surface area contributed by atoms with Crippen LogP contribution in [0.2, 0.25) is 0 Å². The lowest BCUT2D eigenvalue weighted by atomic mass is 10.3. The minimum atomic E-state index is 0.317. The second-order valence-electron chi connectivity index (χ2n) is 3.55. The van der Waals surface area contributed by atoms with E-state index in [9.17, 15) is 0 Å². The molecular formula is C8H17N3O. The summed E-state index contributed by atoms with van der Waals surface area (Å²) in [5.74, 6) is 1.22. The van der Waals surface area contributed by atoms with Gasteiger partial charge in [-0.05, 0) is 25.8 Å². The van der Waals surface area contributed by atoms with E-state index in [1.54, 1.807) is 0 Å². The van der Waals surface area contributed by atoms with Crippen LogP contribution in [0.5, 0.6) is 0 Å². The second-order valence-corrected chi connectivity index (χ2v) is 3.55. The third-order valence-electron chi connectivity index (χ3n) is 2.14. The van der Waals surface area contributed by atoms with Crippen LogP contribution >= 0.6 is 0 Å². The molecule has 1 fully saturated rings. The topological polar surface area (TPSA) is 61.8 Å². The van der Waals surface area contributed by atoms with Crippen LogP contribution in [0.15, 0.2) is 5.16 Å². The first-order valence-corrected chi connectivity index (χ1v) is 4.37. The molecule has 0 heterocycles. The van der Waals surface area contributed by atoms with Crippen molar-refractivity contribution in [1.82, 2.24) is 4.90 Å². The zero-order valence-electron chi connectivity index (χ0n) is 7.53. The van der Waals surface area contributed by atoms with Crippen molar-refractivity contribution in [3.8, 4) is 0 Å². The number of hydrogen-bond donors (Lipinski definition) is 2. The molecule has 0 aromatic heterocycles. The summed E-state index contributed by atoms with van der Waals surface area (Å²) in [6.45, 7) is 2.03. The predicted octanol–water partition coefficient (Wildman–Crippen LogP) is 0.465. The Morgan fingerprint density at radius 3 is 2.83 bits per heavy atom. The van der Waals surface area contributed by atoms with Crippen LogP contribution in [0, 0.1) is 5.92 Å². The molecule has 0 bridgehead atoms. The molecule has 0 saturated heterocycles. The fourth-order valence-corrected chi connectivity index (χ4v) is 1.19. The first kappa shape index (κ1) is 9.32. The molecule has 0 spiro atoms. The number of amidine groups is 1. The summed E-state index contributed by atoms with van der Waals surface area (Å²) in [7, 11) is 2.07. The third kappa shape index (κ3) is 3.57. The smallest absolute Gasteiger partial charge is 0.140 e.